The Balaban J connectivity index is 2.33. The molecule has 0 spiro atoms. The summed E-state index contributed by atoms with van der Waals surface area (Å²) in [5.41, 5.74) is -3.06. The largest absolute Gasteiger partial charge is 0.482 e. The Morgan fingerprint density at radius 3 is 2.18 bits per heavy atom. The van der Waals surface area contributed by atoms with Crippen LogP contribution in [0.2, 0.25) is 5.02 Å². The Morgan fingerprint density at radius 2 is 1.67 bits per heavy atom. The van der Waals surface area contributed by atoms with E-state index < -0.39 is 46.9 Å². The molecule has 10 heteroatoms. The molecule has 1 aliphatic rings. The van der Waals surface area contributed by atoms with Crippen LogP contribution in [-0.4, -0.2) is 18.8 Å². The van der Waals surface area contributed by atoms with Gasteiger partial charge in [-0.05, 0) is 37.3 Å². The van der Waals surface area contributed by atoms with Crippen LogP contribution in [0.15, 0.2) is 36.4 Å². The number of carbonyl (C=O) groups excluding carboxylic acids is 1. The van der Waals surface area contributed by atoms with Gasteiger partial charge < -0.3 is 9.47 Å². The van der Waals surface area contributed by atoms with Crippen LogP contribution in [0.1, 0.15) is 50.2 Å². The first kappa shape index (κ1) is 25.2. The van der Waals surface area contributed by atoms with Crippen molar-refractivity contribution in [3.05, 3.63) is 52.5 Å². The standard InChI is InChI=1S/C23H21ClF6O3/c1-2-17(31)33-21(10-6-7-11-21)16-12-15(14-8-4-3-5-9-14)20(32-13-22(25,26)27)19(24)18(16)23(28,29)30/h3-5,8-9,12H,2,6-7,10-11,13H2,1H3. The van der Waals surface area contributed by atoms with Crippen LogP contribution in [0.4, 0.5) is 26.3 Å². The third-order valence-electron chi connectivity index (χ3n) is 5.47. The Hall–Kier alpha value is -2.42. The van der Waals surface area contributed by atoms with E-state index in [9.17, 15) is 31.1 Å². The summed E-state index contributed by atoms with van der Waals surface area (Å²) < 4.78 is 91.7. The van der Waals surface area contributed by atoms with Crippen molar-refractivity contribution >= 4 is 17.6 Å². The molecule has 1 saturated carbocycles. The average molecular weight is 495 g/mol. The van der Waals surface area contributed by atoms with Crippen LogP contribution in [0, 0.1) is 0 Å². The smallest absolute Gasteiger partial charge is 0.422 e. The molecule has 0 saturated heterocycles. The third kappa shape index (κ3) is 5.57. The van der Waals surface area contributed by atoms with Crippen LogP contribution in [-0.2, 0) is 21.3 Å². The van der Waals surface area contributed by atoms with Gasteiger partial charge in [0, 0.05) is 17.5 Å². The summed E-state index contributed by atoms with van der Waals surface area (Å²) in [6, 6.07) is 8.94. The summed E-state index contributed by atoms with van der Waals surface area (Å²) >= 11 is 6.14. The van der Waals surface area contributed by atoms with Gasteiger partial charge in [0.2, 0.25) is 0 Å². The van der Waals surface area contributed by atoms with Crippen molar-refractivity contribution in [2.75, 3.05) is 6.61 Å². The van der Waals surface area contributed by atoms with Gasteiger partial charge in [0.25, 0.3) is 0 Å². The molecule has 2 aromatic carbocycles. The van der Waals surface area contributed by atoms with E-state index in [1.807, 2.05) is 0 Å². The topological polar surface area (TPSA) is 35.5 Å². The highest BCUT2D eigenvalue weighted by molar-refractivity contribution is 6.33. The number of halogens is 7. The van der Waals surface area contributed by atoms with E-state index in [0.29, 0.717) is 18.4 Å². The monoisotopic (exact) mass is 494 g/mol. The van der Waals surface area contributed by atoms with Gasteiger partial charge in [0.1, 0.15) is 11.4 Å². The maximum absolute atomic E-state index is 14.2. The molecule has 0 bridgehead atoms. The quantitative estimate of drug-likeness (QED) is 0.305. The predicted molar refractivity (Wildman–Crippen MR) is 110 cm³/mol. The second kappa shape index (κ2) is 9.44. The minimum absolute atomic E-state index is 0.0465. The van der Waals surface area contributed by atoms with E-state index in [0.717, 1.165) is 6.07 Å². The highest BCUT2D eigenvalue weighted by Gasteiger charge is 2.48. The molecule has 33 heavy (non-hydrogen) atoms. The normalized spacial score (nSPS) is 16.0. The molecule has 0 N–H and O–H groups in total. The van der Waals surface area contributed by atoms with E-state index in [-0.39, 0.29) is 30.4 Å². The zero-order chi connectivity index (χ0) is 24.4. The number of hydrogen-bond donors (Lipinski definition) is 0. The van der Waals surface area contributed by atoms with Gasteiger partial charge in [-0.3, -0.25) is 4.79 Å². The fourth-order valence-electron chi connectivity index (χ4n) is 4.06. The van der Waals surface area contributed by atoms with E-state index in [2.05, 4.69) is 0 Å². The first-order valence-electron chi connectivity index (χ1n) is 10.3. The average Bonchev–Trinajstić information content (AvgIpc) is 3.20. The predicted octanol–water partition coefficient (Wildman–Crippen LogP) is 7.69. The molecule has 180 valence electrons. The number of benzene rings is 2. The first-order chi connectivity index (χ1) is 15.4. The number of alkyl halides is 6. The molecule has 0 amide bonds. The summed E-state index contributed by atoms with van der Waals surface area (Å²) in [5.74, 6) is -1.41. The zero-order valence-corrected chi connectivity index (χ0v) is 18.3. The Labute approximate surface area is 191 Å². The lowest BCUT2D eigenvalue weighted by Gasteiger charge is -2.33. The number of ether oxygens (including phenoxy) is 2. The van der Waals surface area contributed by atoms with Crippen molar-refractivity contribution in [2.24, 2.45) is 0 Å². The molecule has 0 atom stereocenters. The summed E-state index contributed by atoms with van der Waals surface area (Å²) in [4.78, 5) is 12.1. The van der Waals surface area contributed by atoms with Crippen LogP contribution in [0.3, 0.4) is 0 Å². The maximum Gasteiger partial charge on any atom is 0.422 e. The summed E-state index contributed by atoms with van der Waals surface area (Å²) in [6.45, 7) is -0.300. The second-order valence-corrected chi connectivity index (χ2v) is 8.16. The molecule has 0 unspecified atom stereocenters. The van der Waals surface area contributed by atoms with E-state index >= 15 is 0 Å². The fraction of sp³-hybridized carbons (Fsp3) is 0.435. The van der Waals surface area contributed by atoms with Crippen molar-refractivity contribution in [2.45, 2.75) is 57.0 Å². The minimum atomic E-state index is -5.04. The molecule has 0 aliphatic heterocycles. The maximum atomic E-state index is 14.2. The molecule has 0 radical (unpaired) electrons. The molecule has 1 aliphatic carbocycles. The third-order valence-corrected chi connectivity index (χ3v) is 5.83. The Bertz CT molecular complexity index is 996. The second-order valence-electron chi connectivity index (χ2n) is 7.79. The lowest BCUT2D eigenvalue weighted by atomic mass is 9.84. The van der Waals surface area contributed by atoms with Crippen molar-refractivity contribution in [3.8, 4) is 16.9 Å². The molecular weight excluding hydrogens is 474 g/mol. The lowest BCUT2D eigenvalue weighted by Crippen LogP contribution is -2.32. The first-order valence-corrected chi connectivity index (χ1v) is 10.7. The number of hydrogen-bond acceptors (Lipinski definition) is 3. The molecule has 1 fully saturated rings. The number of rotatable bonds is 6. The number of esters is 1. The van der Waals surface area contributed by atoms with Crippen molar-refractivity contribution in [1.82, 2.24) is 0 Å². The lowest BCUT2D eigenvalue weighted by molar-refractivity contribution is -0.164. The van der Waals surface area contributed by atoms with E-state index in [1.165, 1.54) is 19.1 Å². The highest BCUT2D eigenvalue weighted by atomic mass is 35.5. The van der Waals surface area contributed by atoms with Crippen LogP contribution < -0.4 is 4.74 Å². The summed E-state index contributed by atoms with van der Waals surface area (Å²) in [7, 11) is 0. The van der Waals surface area contributed by atoms with E-state index in [1.54, 1.807) is 18.2 Å². The molecular formula is C23H21ClF6O3. The highest BCUT2D eigenvalue weighted by Crippen LogP contribution is 2.53. The van der Waals surface area contributed by atoms with E-state index in [4.69, 9.17) is 21.1 Å². The SMILES string of the molecule is CCC(=O)OC1(c2cc(-c3ccccc3)c(OCC(F)(F)F)c(Cl)c2C(F)(F)F)CCCC1. The minimum Gasteiger partial charge on any atom is -0.482 e. The van der Waals surface area contributed by atoms with Crippen molar-refractivity contribution in [3.63, 3.8) is 0 Å². The van der Waals surface area contributed by atoms with Crippen LogP contribution in [0.25, 0.3) is 11.1 Å². The summed E-state index contributed by atoms with van der Waals surface area (Å²) in [5, 5.41) is -0.998. The van der Waals surface area contributed by atoms with Gasteiger partial charge in [0.05, 0.1) is 10.6 Å². The van der Waals surface area contributed by atoms with Gasteiger partial charge in [-0.15, -0.1) is 0 Å². The van der Waals surface area contributed by atoms with Crippen LogP contribution in [0.5, 0.6) is 5.75 Å². The van der Waals surface area contributed by atoms with Crippen molar-refractivity contribution < 1.29 is 40.6 Å². The number of carbonyl (C=O) groups is 1. The Morgan fingerprint density at radius 1 is 1.06 bits per heavy atom. The van der Waals surface area contributed by atoms with Crippen LogP contribution >= 0.6 is 11.6 Å². The molecule has 3 nitrogen and oxygen atoms in total. The van der Waals surface area contributed by atoms with Gasteiger partial charge in [-0.2, -0.15) is 26.3 Å². The van der Waals surface area contributed by atoms with Gasteiger partial charge in [0.15, 0.2) is 6.61 Å². The Kier molecular flexibility index (Phi) is 7.21. The van der Waals surface area contributed by atoms with Crippen molar-refractivity contribution in [1.29, 1.82) is 0 Å². The van der Waals surface area contributed by atoms with Gasteiger partial charge in [-0.25, -0.2) is 0 Å². The molecule has 0 aromatic heterocycles. The van der Waals surface area contributed by atoms with Gasteiger partial charge in [-0.1, -0.05) is 48.9 Å². The molecule has 0 heterocycles. The molecule has 3 rings (SSSR count). The fourth-order valence-corrected chi connectivity index (χ4v) is 4.42. The zero-order valence-electron chi connectivity index (χ0n) is 17.6. The van der Waals surface area contributed by atoms with Gasteiger partial charge >= 0.3 is 18.3 Å². The molecule has 2 aromatic rings. The summed E-state index contributed by atoms with van der Waals surface area (Å²) in [6.07, 6.45) is -8.58.